The minimum absolute atomic E-state index is 0.102. The van der Waals surface area contributed by atoms with Gasteiger partial charge in [-0.05, 0) is 23.7 Å². The maximum absolute atomic E-state index is 10.4. The molecule has 25 heavy (non-hydrogen) atoms. The Morgan fingerprint density at radius 1 is 1.16 bits per heavy atom. The van der Waals surface area contributed by atoms with Crippen LogP contribution in [0, 0.1) is 0 Å². The first-order valence-corrected chi connectivity index (χ1v) is 11.9. The summed E-state index contributed by atoms with van der Waals surface area (Å²) >= 11 is 0. The summed E-state index contributed by atoms with van der Waals surface area (Å²) in [7, 11) is -1.91. The fourth-order valence-electron chi connectivity index (χ4n) is 2.56. The van der Waals surface area contributed by atoms with Gasteiger partial charge in [0.15, 0.2) is 8.32 Å². The van der Waals surface area contributed by atoms with Crippen molar-refractivity contribution in [2.45, 2.75) is 69.8 Å². The molecule has 142 valence electrons. The second-order valence-corrected chi connectivity index (χ2v) is 13.2. The van der Waals surface area contributed by atoms with Crippen molar-refractivity contribution in [3.63, 3.8) is 0 Å². The molecule has 4 atom stereocenters. The van der Waals surface area contributed by atoms with E-state index in [-0.39, 0.29) is 11.1 Å². The van der Waals surface area contributed by atoms with Gasteiger partial charge in [0.1, 0.15) is 18.3 Å². The van der Waals surface area contributed by atoms with E-state index in [1.54, 1.807) is 0 Å². The molecule has 1 aromatic rings. The van der Waals surface area contributed by atoms with Gasteiger partial charge in [-0.15, -0.1) is 0 Å². The van der Waals surface area contributed by atoms with E-state index in [0.29, 0.717) is 19.8 Å². The third-order valence-corrected chi connectivity index (χ3v) is 9.96. The van der Waals surface area contributed by atoms with Crippen LogP contribution in [0.5, 0.6) is 0 Å². The van der Waals surface area contributed by atoms with Crippen molar-refractivity contribution < 1.29 is 19.4 Å². The average Bonchev–Trinajstić information content (AvgIpc) is 2.55. The summed E-state index contributed by atoms with van der Waals surface area (Å²) in [6, 6.07) is 9.69. The SMILES string of the molecule is CC(C)(C)[Si](C)(C)OC[C@@H]1OC[C@H](NCc2ccccc2)[C@@H](O)[C@H]1O. The molecule has 1 saturated heterocycles. The Morgan fingerprint density at radius 2 is 1.80 bits per heavy atom. The van der Waals surface area contributed by atoms with Crippen LogP contribution in [0.4, 0.5) is 0 Å². The molecule has 0 spiro atoms. The molecule has 0 aliphatic carbocycles. The average molecular weight is 368 g/mol. The molecule has 0 amide bonds. The Balaban J connectivity index is 1.85. The van der Waals surface area contributed by atoms with Gasteiger partial charge in [0.05, 0.1) is 19.3 Å². The highest BCUT2D eigenvalue weighted by Gasteiger charge is 2.42. The molecule has 1 aliphatic heterocycles. The van der Waals surface area contributed by atoms with Gasteiger partial charge in [0, 0.05) is 6.54 Å². The molecule has 3 N–H and O–H groups in total. The molecular weight excluding hydrogens is 334 g/mol. The van der Waals surface area contributed by atoms with Crippen LogP contribution in [0.25, 0.3) is 0 Å². The topological polar surface area (TPSA) is 71.0 Å². The van der Waals surface area contributed by atoms with E-state index in [1.165, 1.54) is 0 Å². The molecule has 6 heteroatoms. The Morgan fingerprint density at radius 3 is 2.40 bits per heavy atom. The van der Waals surface area contributed by atoms with Gasteiger partial charge in [-0.3, -0.25) is 0 Å². The lowest BCUT2D eigenvalue weighted by Crippen LogP contribution is -2.59. The first-order valence-electron chi connectivity index (χ1n) is 9.01. The Hall–Kier alpha value is -0.763. The lowest BCUT2D eigenvalue weighted by atomic mass is 9.98. The normalized spacial score (nSPS) is 28.1. The number of nitrogens with one attached hydrogen (secondary N) is 1. The quantitative estimate of drug-likeness (QED) is 0.673. The molecule has 1 fully saturated rings. The Bertz CT molecular complexity index is 532. The molecule has 1 aromatic carbocycles. The molecule has 0 unspecified atom stereocenters. The van der Waals surface area contributed by atoms with Gasteiger partial charge in [-0.2, -0.15) is 0 Å². The summed E-state index contributed by atoms with van der Waals surface area (Å²) in [6.07, 6.45) is -2.31. The van der Waals surface area contributed by atoms with Gasteiger partial charge in [0.2, 0.25) is 0 Å². The largest absolute Gasteiger partial charge is 0.414 e. The molecular formula is C19H33NO4Si. The number of hydrogen-bond donors (Lipinski definition) is 3. The molecule has 5 nitrogen and oxygen atoms in total. The van der Waals surface area contributed by atoms with E-state index in [2.05, 4.69) is 39.2 Å². The molecule has 0 bridgehead atoms. The van der Waals surface area contributed by atoms with Crippen molar-refractivity contribution in [3.8, 4) is 0 Å². The second-order valence-electron chi connectivity index (χ2n) is 8.40. The Labute approximate surface area is 152 Å². The van der Waals surface area contributed by atoms with Gasteiger partial charge >= 0.3 is 0 Å². The smallest absolute Gasteiger partial charge is 0.192 e. The van der Waals surface area contributed by atoms with E-state index in [1.807, 2.05) is 30.3 Å². The predicted molar refractivity (Wildman–Crippen MR) is 102 cm³/mol. The number of ether oxygens (including phenoxy) is 1. The summed E-state index contributed by atoms with van der Waals surface area (Å²) in [5.74, 6) is 0. The first kappa shape index (κ1) is 20.5. The third kappa shape index (κ3) is 5.36. The summed E-state index contributed by atoms with van der Waals surface area (Å²) < 4.78 is 11.9. The minimum Gasteiger partial charge on any atom is -0.414 e. The lowest BCUT2D eigenvalue weighted by Gasteiger charge is -2.41. The zero-order valence-electron chi connectivity index (χ0n) is 16.0. The molecule has 1 heterocycles. The van der Waals surface area contributed by atoms with Crippen LogP contribution in [0.15, 0.2) is 30.3 Å². The minimum atomic E-state index is -1.91. The second kappa shape index (κ2) is 8.29. The molecule has 0 saturated carbocycles. The number of aliphatic hydroxyl groups is 2. The van der Waals surface area contributed by atoms with Crippen LogP contribution in [-0.2, 0) is 15.7 Å². The number of hydrogen-bond acceptors (Lipinski definition) is 5. The standard InChI is InChI=1S/C19H33NO4Si/c1-19(2,3)25(4,5)24-13-16-18(22)17(21)15(12-23-16)20-11-14-9-7-6-8-10-14/h6-10,15-18,20-22H,11-13H2,1-5H3/t15-,16-,17+,18-/m0/s1. The summed E-state index contributed by atoms with van der Waals surface area (Å²) in [5.41, 5.74) is 1.13. The van der Waals surface area contributed by atoms with Crippen molar-refractivity contribution in [3.05, 3.63) is 35.9 Å². The van der Waals surface area contributed by atoms with Crippen molar-refractivity contribution in [2.24, 2.45) is 0 Å². The summed E-state index contributed by atoms with van der Waals surface area (Å²) in [6.45, 7) is 12.2. The van der Waals surface area contributed by atoms with Crippen LogP contribution in [0.3, 0.4) is 0 Å². The van der Waals surface area contributed by atoms with Crippen molar-refractivity contribution in [1.29, 1.82) is 0 Å². The Kier molecular flexibility index (Phi) is 6.81. The van der Waals surface area contributed by atoms with Crippen LogP contribution in [-0.4, -0.2) is 56.1 Å². The molecule has 0 radical (unpaired) electrons. The van der Waals surface area contributed by atoms with Crippen LogP contribution in [0.1, 0.15) is 26.3 Å². The van der Waals surface area contributed by atoms with Crippen molar-refractivity contribution in [1.82, 2.24) is 5.32 Å². The monoisotopic (exact) mass is 367 g/mol. The zero-order chi connectivity index (χ0) is 18.7. The van der Waals surface area contributed by atoms with E-state index in [4.69, 9.17) is 9.16 Å². The van der Waals surface area contributed by atoms with Gasteiger partial charge in [0.25, 0.3) is 0 Å². The number of benzene rings is 1. The predicted octanol–water partition coefficient (Wildman–Crippen LogP) is 2.29. The van der Waals surface area contributed by atoms with Gasteiger partial charge in [-0.1, -0.05) is 51.1 Å². The van der Waals surface area contributed by atoms with E-state index in [9.17, 15) is 10.2 Å². The summed E-state index contributed by atoms with van der Waals surface area (Å²) in [4.78, 5) is 0. The summed E-state index contributed by atoms with van der Waals surface area (Å²) in [5, 5.41) is 24.2. The van der Waals surface area contributed by atoms with Crippen LogP contribution < -0.4 is 5.32 Å². The fraction of sp³-hybridized carbons (Fsp3) is 0.684. The molecule has 1 aliphatic rings. The number of rotatable bonds is 6. The molecule has 0 aromatic heterocycles. The highest BCUT2D eigenvalue weighted by Crippen LogP contribution is 2.36. The van der Waals surface area contributed by atoms with Crippen LogP contribution >= 0.6 is 0 Å². The van der Waals surface area contributed by atoms with E-state index in [0.717, 1.165) is 5.56 Å². The first-order chi connectivity index (χ1) is 11.6. The zero-order valence-corrected chi connectivity index (χ0v) is 17.0. The maximum Gasteiger partial charge on any atom is 0.192 e. The maximum atomic E-state index is 10.4. The van der Waals surface area contributed by atoms with Crippen molar-refractivity contribution >= 4 is 8.32 Å². The van der Waals surface area contributed by atoms with E-state index < -0.39 is 26.6 Å². The van der Waals surface area contributed by atoms with Gasteiger partial charge < -0.3 is 24.7 Å². The lowest BCUT2D eigenvalue weighted by molar-refractivity contribution is -0.160. The molecule has 2 rings (SSSR count). The number of aliphatic hydroxyl groups excluding tert-OH is 2. The van der Waals surface area contributed by atoms with Crippen LogP contribution in [0.2, 0.25) is 18.1 Å². The van der Waals surface area contributed by atoms with E-state index >= 15 is 0 Å². The van der Waals surface area contributed by atoms with Gasteiger partial charge in [-0.25, -0.2) is 0 Å². The van der Waals surface area contributed by atoms with Crippen molar-refractivity contribution in [2.75, 3.05) is 13.2 Å². The highest BCUT2D eigenvalue weighted by molar-refractivity contribution is 6.74. The fourth-order valence-corrected chi connectivity index (χ4v) is 3.57. The highest BCUT2D eigenvalue weighted by atomic mass is 28.4. The third-order valence-electron chi connectivity index (χ3n) is 5.46.